The number of alkyl halides is 6. The third kappa shape index (κ3) is 9.66. The monoisotopic (exact) mass is 703 g/mol. The molecule has 3 aromatic rings. The molecule has 1 heterocycles. The van der Waals surface area contributed by atoms with Crippen LogP contribution in [0.5, 0.6) is 0 Å². The quantitative estimate of drug-likeness (QED) is 0.220. The van der Waals surface area contributed by atoms with Gasteiger partial charge in [-0.25, -0.2) is 4.79 Å². The van der Waals surface area contributed by atoms with Crippen molar-refractivity contribution in [3.63, 3.8) is 0 Å². The summed E-state index contributed by atoms with van der Waals surface area (Å²) in [6.45, 7) is 0.778. The molecule has 2 fully saturated rings. The number of rotatable bonds is 9. The van der Waals surface area contributed by atoms with Crippen LogP contribution in [0.3, 0.4) is 0 Å². The summed E-state index contributed by atoms with van der Waals surface area (Å²) in [5.74, 6) is -0.331. The van der Waals surface area contributed by atoms with Crippen molar-refractivity contribution in [3.05, 3.63) is 118 Å². The smallest absolute Gasteiger partial charge is 0.416 e. The van der Waals surface area contributed by atoms with Crippen molar-refractivity contribution in [1.29, 1.82) is 0 Å². The molecule has 268 valence electrons. The van der Waals surface area contributed by atoms with E-state index in [0.717, 1.165) is 18.4 Å². The lowest BCUT2D eigenvalue weighted by Gasteiger charge is -2.46. The van der Waals surface area contributed by atoms with Gasteiger partial charge in [0.15, 0.2) is 0 Å². The first kappa shape index (κ1) is 36.9. The minimum atomic E-state index is -5.02. The van der Waals surface area contributed by atoms with Gasteiger partial charge in [0.05, 0.1) is 35.9 Å². The second-order valence-corrected chi connectivity index (χ2v) is 12.8. The fourth-order valence-corrected chi connectivity index (χ4v) is 5.41. The molecule has 2 amide bonds. The number of carbonyl (C=O) groups is 2. The van der Waals surface area contributed by atoms with Gasteiger partial charge in [0.2, 0.25) is 5.91 Å². The molecule has 0 aromatic heterocycles. The number of nitrogens with two attached hydrogens (primary N) is 1. The van der Waals surface area contributed by atoms with Crippen molar-refractivity contribution in [3.8, 4) is 0 Å². The summed E-state index contributed by atoms with van der Waals surface area (Å²) in [7, 11) is 0. The fraction of sp³-hybridized carbons (Fsp3) is 0.405. The van der Waals surface area contributed by atoms with Crippen molar-refractivity contribution < 1.29 is 45.4 Å². The lowest BCUT2D eigenvalue weighted by Crippen LogP contribution is -2.56. The second kappa shape index (κ2) is 15.3. The van der Waals surface area contributed by atoms with Crippen LogP contribution in [0.4, 0.5) is 31.1 Å². The van der Waals surface area contributed by atoms with Gasteiger partial charge in [0.1, 0.15) is 6.61 Å². The summed E-state index contributed by atoms with van der Waals surface area (Å²) >= 11 is 0. The Labute approximate surface area is 286 Å². The normalized spacial score (nSPS) is 19.8. The van der Waals surface area contributed by atoms with Gasteiger partial charge < -0.3 is 20.5 Å². The number of benzene rings is 3. The highest BCUT2D eigenvalue weighted by Crippen LogP contribution is 2.41. The summed E-state index contributed by atoms with van der Waals surface area (Å²) in [5, 5.41) is 2.91. The molecule has 3 aromatic carbocycles. The summed E-state index contributed by atoms with van der Waals surface area (Å²) in [6, 6.07) is 19.6. The van der Waals surface area contributed by atoms with E-state index >= 15 is 0 Å². The summed E-state index contributed by atoms with van der Waals surface area (Å²) in [5.41, 5.74) is 2.29. The fourth-order valence-electron chi connectivity index (χ4n) is 5.41. The predicted molar refractivity (Wildman–Crippen MR) is 173 cm³/mol. The van der Waals surface area contributed by atoms with Gasteiger partial charge in [-0.3, -0.25) is 9.69 Å². The van der Waals surface area contributed by atoms with E-state index in [1.165, 1.54) is 24.7 Å². The number of nitrogens with zero attached hydrogens (tertiary/aromatic N) is 1. The molecule has 1 aliphatic heterocycles. The number of ether oxygens (including phenoxy) is 2. The van der Waals surface area contributed by atoms with E-state index in [2.05, 4.69) is 5.32 Å². The van der Waals surface area contributed by atoms with Crippen LogP contribution in [0.15, 0.2) is 90.5 Å². The van der Waals surface area contributed by atoms with Crippen molar-refractivity contribution in [1.82, 2.24) is 10.2 Å². The Kier molecular flexibility index (Phi) is 11.3. The SMILES string of the molecule is C[C@@H](OC[C@@]1(c2ccccc2)CC=C(C(=O)NC2CC2)CN1C(=O)OCc1ccccc1)c1cc(C(F)(F)F)cc(C(F)(F)F)c1.NC1CC1. The first-order chi connectivity index (χ1) is 23.7. The number of carbonyl (C=O) groups excluding carboxylic acids is 2. The van der Waals surface area contributed by atoms with E-state index in [-0.39, 0.29) is 49.8 Å². The van der Waals surface area contributed by atoms with E-state index in [0.29, 0.717) is 29.3 Å². The first-order valence-corrected chi connectivity index (χ1v) is 16.4. The first-order valence-electron chi connectivity index (χ1n) is 16.4. The highest BCUT2D eigenvalue weighted by Gasteiger charge is 2.46. The molecular formula is C37H39F6N3O4. The molecule has 13 heteroatoms. The molecule has 3 aliphatic rings. The van der Waals surface area contributed by atoms with E-state index < -0.39 is 41.2 Å². The summed E-state index contributed by atoms with van der Waals surface area (Å²) in [4.78, 5) is 28.2. The third-order valence-electron chi connectivity index (χ3n) is 8.75. The van der Waals surface area contributed by atoms with Crippen molar-refractivity contribution in [2.75, 3.05) is 13.2 Å². The van der Waals surface area contributed by atoms with Crippen LogP contribution in [0.25, 0.3) is 0 Å². The lowest BCUT2D eigenvalue weighted by molar-refractivity contribution is -0.143. The topological polar surface area (TPSA) is 93.9 Å². The number of hydrogen-bond donors (Lipinski definition) is 2. The zero-order valence-corrected chi connectivity index (χ0v) is 27.4. The number of nitrogens with one attached hydrogen (secondary N) is 1. The Morgan fingerprint density at radius 1 is 0.900 bits per heavy atom. The minimum absolute atomic E-state index is 0.0610. The molecule has 0 spiro atoms. The largest absolute Gasteiger partial charge is 0.445 e. The maximum atomic E-state index is 13.8. The van der Waals surface area contributed by atoms with Gasteiger partial charge in [-0.2, -0.15) is 26.3 Å². The molecule has 6 rings (SSSR count). The predicted octanol–water partition coefficient (Wildman–Crippen LogP) is 8.05. The molecule has 2 aliphatic carbocycles. The minimum Gasteiger partial charge on any atom is -0.445 e. The van der Waals surface area contributed by atoms with E-state index in [1.807, 2.05) is 6.07 Å². The Balaban J connectivity index is 0.00000113. The highest BCUT2D eigenvalue weighted by molar-refractivity contribution is 5.95. The molecule has 0 unspecified atom stereocenters. The second-order valence-electron chi connectivity index (χ2n) is 12.8. The van der Waals surface area contributed by atoms with Gasteiger partial charge in [-0.05, 0) is 73.9 Å². The van der Waals surface area contributed by atoms with Gasteiger partial charge in [0.25, 0.3) is 0 Å². The zero-order chi connectivity index (χ0) is 36.1. The maximum absolute atomic E-state index is 13.8. The molecule has 2 atom stereocenters. The summed E-state index contributed by atoms with van der Waals surface area (Å²) in [6.07, 6.45) is -6.07. The van der Waals surface area contributed by atoms with Crippen molar-refractivity contribution in [2.45, 2.75) is 81.7 Å². The van der Waals surface area contributed by atoms with Gasteiger partial charge in [-0.1, -0.05) is 66.7 Å². The Hall–Kier alpha value is -4.36. The molecule has 50 heavy (non-hydrogen) atoms. The molecule has 0 bridgehead atoms. The van der Waals surface area contributed by atoms with Gasteiger partial charge in [0, 0.05) is 17.7 Å². The number of halogens is 6. The Morgan fingerprint density at radius 2 is 1.46 bits per heavy atom. The molecule has 0 saturated heterocycles. The van der Waals surface area contributed by atoms with Crippen molar-refractivity contribution >= 4 is 12.0 Å². The Morgan fingerprint density at radius 3 is 1.98 bits per heavy atom. The molecule has 0 radical (unpaired) electrons. The average Bonchev–Trinajstić information content (AvgIpc) is 4.05. The molecule has 3 N–H and O–H groups in total. The molecular weight excluding hydrogens is 664 g/mol. The van der Waals surface area contributed by atoms with E-state index in [9.17, 15) is 35.9 Å². The van der Waals surface area contributed by atoms with E-state index in [4.69, 9.17) is 15.2 Å². The van der Waals surface area contributed by atoms with Crippen LogP contribution < -0.4 is 11.1 Å². The zero-order valence-electron chi connectivity index (χ0n) is 27.4. The third-order valence-corrected chi connectivity index (χ3v) is 8.75. The average molecular weight is 704 g/mol. The number of hydrogen-bond acceptors (Lipinski definition) is 5. The summed E-state index contributed by atoms with van der Waals surface area (Å²) < 4.78 is 93.2. The molecule has 7 nitrogen and oxygen atoms in total. The van der Waals surface area contributed by atoms with Crippen LogP contribution in [-0.2, 0) is 38.8 Å². The van der Waals surface area contributed by atoms with Crippen LogP contribution >= 0.6 is 0 Å². The Bertz CT molecular complexity index is 1620. The molecule has 2 saturated carbocycles. The maximum Gasteiger partial charge on any atom is 0.416 e. The van der Waals surface area contributed by atoms with Crippen LogP contribution in [0.1, 0.15) is 72.9 Å². The van der Waals surface area contributed by atoms with Gasteiger partial charge >= 0.3 is 18.4 Å². The van der Waals surface area contributed by atoms with E-state index in [1.54, 1.807) is 60.7 Å². The van der Waals surface area contributed by atoms with Crippen LogP contribution in [-0.4, -0.2) is 42.1 Å². The van der Waals surface area contributed by atoms with Crippen LogP contribution in [0.2, 0.25) is 0 Å². The van der Waals surface area contributed by atoms with Crippen LogP contribution in [0, 0.1) is 0 Å². The highest BCUT2D eigenvalue weighted by atomic mass is 19.4. The standard InChI is InChI=1S/C34H32F6N2O4.C3H7N/c1-22(25-16-27(33(35,36)37)18-28(17-25)34(38,39)40)46-21-32(26-10-6-3-7-11-26)15-14-24(30(43)41-29-12-13-29)19-42(32)31(44)45-20-23-8-4-2-5-9-23;4-3-1-2-3/h2-11,14,16-18,22,29H,12-13,15,19-21H2,1H3,(H,41,43);3H,1-2,4H2/t22-,32-;/m1./s1. The van der Waals surface area contributed by atoms with Gasteiger partial charge in [-0.15, -0.1) is 0 Å². The number of amides is 2. The lowest BCUT2D eigenvalue weighted by atomic mass is 9.81. The van der Waals surface area contributed by atoms with Crippen molar-refractivity contribution in [2.24, 2.45) is 5.73 Å².